The van der Waals surface area contributed by atoms with Crippen LogP contribution >= 0.6 is 0 Å². The summed E-state index contributed by atoms with van der Waals surface area (Å²) in [5.74, 6) is -1.64. The number of carbonyl (C=O) groups excluding carboxylic acids is 3. The summed E-state index contributed by atoms with van der Waals surface area (Å²) in [5, 5.41) is 2.68. The molecule has 0 aliphatic carbocycles. The highest BCUT2D eigenvalue weighted by molar-refractivity contribution is 6.76. The fourth-order valence-electron chi connectivity index (χ4n) is 1.07. The van der Waals surface area contributed by atoms with Gasteiger partial charge in [-0.1, -0.05) is 19.6 Å². The van der Waals surface area contributed by atoms with Gasteiger partial charge in [-0.2, -0.15) is 0 Å². The Hall–Kier alpha value is -1.43. The Labute approximate surface area is 109 Å². The van der Waals surface area contributed by atoms with E-state index >= 15 is 0 Å². The third-order valence-corrected chi connectivity index (χ3v) is 3.19. The predicted octanol–water partition coefficient (Wildman–Crippen LogP) is 1.06. The molecule has 0 fully saturated rings. The van der Waals surface area contributed by atoms with E-state index < -0.39 is 25.7 Å². The minimum Gasteiger partial charge on any atom is -0.463 e. The highest BCUT2D eigenvalue weighted by Crippen LogP contribution is 2.01. The fraction of sp³-hybridized carbons (Fsp3) is 0.583. The Morgan fingerprint density at radius 3 is 2.17 bits per heavy atom. The van der Waals surface area contributed by atoms with Crippen molar-refractivity contribution in [1.82, 2.24) is 5.32 Å². The molecule has 0 heterocycles. The molecule has 1 N–H and O–H groups in total. The molecule has 6 heteroatoms. The van der Waals surface area contributed by atoms with E-state index in [1.54, 1.807) is 6.92 Å². The molecular formula is C12H21NO4Si. The van der Waals surface area contributed by atoms with E-state index in [2.05, 4.69) is 29.7 Å². The van der Waals surface area contributed by atoms with Gasteiger partial charge in [-0.25, -0.2) is 4.79 Å². The van der Waals surface area contributed by atoms with Crippen LogP contribution in [0.5, 0.6) is 0 Å². The molecule has 1 amide bonds. The van der Waals surface area contributed by atoms with E-state index in [0.717, 1.165) is 6.08 Å². The third kappa shape index (κ3) is 7.00. The minimum absolute atomic E-state index is 0.160. The van der Waals surface area contributed by atoms with Crippen molar-refractivity contribution >= 4 is 25.7 Å². The molecule has 0 aliphatic rings. The molecule has 0 saturated carbocycles. The maximum absolute atomic E-state index is 11.8. The van der Waals surface area contributed by atoms with Crippen LogP contribution in [0.2, 0.25) is 19.6 Å². The molecule has 0 rings (SSSR count). The van der Waals surface area contributed by atoms with Crippen LogP contribution in [0, 0.1) is 0 Å². The summed E-state index contributed by atoms with van der Waals surface area (Å²) in [7, 11) is -1.44. The van der Waals surface area contributed by atoms with Gasteiger partial charge in [0.05, 0.1) is 20.3 Å². The number of ketones is 1. The molecule has 0 atom stereocenters. The zero-order chi connectivity index (χ0) is 14.3. The first kappa shape index (κ1) is 16.6. The van der Waals surface area contributed by atoms with E-state index in [1.165, 1.54) is 6.92 Å². The van der Waals surface area contributed by atoms with E-state index in [9.17, 15) is 14.4 Å². The average molecular weight is 271 g/mol. The molecule has 0 aromatic carbocycles. The first-order valence-corrected chi connectivity index (χ1v) is 9.55. The summed E-state index contributed by atoms with van der Waals surface area (Å²) >= 11 is 0. The van der Waals surface area contributed by atoms with Gasteiger partial charge >= 0.3 is 5.97 Å². The number of esters is 1. The van der Waals surface area contributed by atoms with E-state index in [-0.39, 0.29) is 12.2 Å². The topological polar surface area (TPSA) is 72.5 Å². The lowest BCUT2D eigenvalue weighted by molar-refractivity contribution is -0.138. The van der Waals surface area contributed by atoms with Crippen LogP contribution in [-0.4, -0.2) is 38.5 Å². The van der Waals surface area contributed by atoms with Crippen LogP contribution < -0.4 is 5.32 Å². The van der Waals surface area contributed by atoms with Crippen molar-refractivity contribution in [2.45, 2.75) is 33.5 Å². The summed E-state index contributed by atoms with van der Waals surface area (Å²) in [5.41, 5.74) is -0.160. The van der Waals surface area contributed by atoms with E-state index in [0.29, 0.717) is 6.17 Å². The van der Waals surface area contributed by atoms with E-state index in [4.69, 9.17) is 0 Å². The summed E-state index contributed by atoms with van der Waals surface area (Å²) in [6, 6.07) is 0. The lowest BCUT2D eigenvalue weighted by Gasteiger charge is -2.16. The SMILES string of the molecule is CCOC(=O)C=C(C(C)=O)C(=O)NC[Si](C)(C)C. The Kier molecular flexibility index (Phi) is 6.54. The van der Waals surface area contributed by atoms with Gasteiger partial charge in [-0.05, 0) is 13.8 Å². The van der Waals surface area contributed by atoms with Gasteiger partial charge in [-0.15, -0.1) is 0 Å². The molecule has 0 aliphatic heterocycles. The molecule has 0 radical (unpaired) electrons. The summed E-state index contributed by atoms with van der Waals surface area (Å²) in [6.45, 7) is 9.39. The van der Waals surface area contributed by atoms with Gasteiger partial charge in [0.2, 0.25) is 0 Å². The molecule has 0 aromatic rings. The smallest absolute Gasteiger partial charge is 0.331 e. The first-order chi connectivity index (χ1) is 8.17. The Balaban J connectivity index is 4.76. The Morgan fingerprint density at radius 2 is 1.78 bits per heavy atom. The van der Waals surface area contributed by atoms with Gasteiger partial charge < -0.3 is 10.1 Å². The van der Waals surface area contributed by atoms with Crippen molar-refractivity contribution in [1.29, 1.82) is 0 Å². The molecule has 5 nitrogen and oxygen atoms in total. The van der Waals surface area contributed by atoms with Crippen LogP contribution in [-0.2, 0) is 19.1 Å². The number of ether oxygens (including phenoxy) is 1. The number of hydrogen-bond acceptors (Lipinski definition) is 4. The fourth-order valence-corrected chi connectivity index (χ4v) is 1.76. The lowest BCUT2D eigenvalue weighted by atomic mass is 10.1. The van der Waals surface area contributed by atoms with Gasteiger partial charge in [0, 0.05) is 12.2 Å². The van der Waals surface area contributed by atoms with Crippen molar-refractivity contribution < 1.29 is 19.1 Å². The van der Waals surface area contributed by atoms with Crippen molar-refractivity contribution in [2.75, 3.05) is 12.8 Å². The minimum atomic E-state index is -1.44. The van der Waals surface area contributed by atoms with Crippen LogP contribution in [0.1, 0.15) is 13.8 Å². The van der Waals surface area contributed by atoms with Gasteiger partial charge in [0.1, 0.15) is 0 Å². The average Bonchev–Trinajstić information content (AvgIpc) is 2.21. The monoisotopic (exact) mass is 271 g/mol. The third-order valence-electron chi connectivity index (χ3n) is 1.95. The van der Waals surface area contributed by atoms with Gasteiger partial charge in [0.25, 0.3) is 5.91 Å². The molecule has 18 heavy (non-hydrogen) atoms. The number of Topliss-reactive ketones (excluding diaryl/α,β-unsaturated/α-hetero) is 1. The number of nitrogens with one attached hydrogen (secondary N) is 1. The summed E-state index contributed by atoms with van der Waals surface area (Å²) < 4.78 is 4.68. The molecule has 0 bridgehead atoms. The lowest BCUT2D eigenvalue weighted by Crippen LogP contribution is -2.41. The first-order valence-electron chi connectivity index (χ1n) is 5.85. The Bertz CT molecular complexity index is 369. The highest BCUT2D eigenvalue weighted by Gasteiger charge is 2.20. The van der Waals surface area contributed by atoms with Crippen molar-refractivity contribution in [2.24, 2.45) is 0 Å². The van der Waals surface area contributed by atoms with Gasteiger partial charge in [0.15, 0.2) is 5.78 Å². The number of amides is 1. The maximum Gasteiger partial charge on any atom is 0.331 e. The highest BCUT2D eigenvalue weighted by atomic mass is 28.3. The van der Waals surface area contributed by atoms with E-state index in [1.807, 2.05) is 0 Å². The zero-order valence-electron chi connectivity index (χ0n) is 11.6. The van der Waals surface area contributed by atoms with Crippen LogP contribution in [0.25, 0.3) is 0 Å². The second kappa shape index (κ2) is 7.10. The zero-order valence-corrected chi connectivity index (χ0v) is 12.6. The number of hydrogen-bond donors (Lipinski definition) is 1. The van der Waals surface area contributed by atoms with Gasteiger partial charge in [-0.3, -0.25) is 9.59 Å². The molecule has 0 aromatic heterocycles. The summed E-state index contributed by atoms with van der Waals surface area (Å²) in [4.78, 5) is 34.4. The number of carbonyl (C=O) groups is 3. The Morgan fingerprint density at radius 1 is 1.22 bits per heavy atom. The van der Waals surface area contributed by atoms with Crippen molar-refractivity contribution in [3.8, 4) is 0 Å². The normalized spacial score (nSPS) is 11.9. The van der Waals surface area contributed by atoms with Crippen LogP contribution in [0.3, 0.4) is 0 Å². The molecule has 0 unspecified atom stereocenters. The van der Waals surface area contributed by atoms with Crippen LogP contribution in [0.4, 0.5) is 0 Å². The predicted molar refractivity (Wildman–Crippen MR) is 71.8 cm³/mol. The second-order valence-corrected chi connectivity index (χ2v) is 10.6. The standard InChI is InChI=1S/C12H21NO4Si/c1-6-17-11(15)7-10(9(2)14)12(16)13-8-18(3,4)5/h7H,6,8H2,1-5H3,(H,13,16). The number of rotatable bonds is 6. The second-order valence-electron chi connectivity index (χ2n) is 5.11. The summed E-state index contributed by atoms with van der Waals surface area (Å²) in [6.07, 6.45) is 1.50. The molecule has 0 spiro atoms. The molecule has 0 saturated heterocycles. The van der Waals surface area contributed by atoms with Crippen molar-refractivity contribution in [3.05, 3.63) is 11.6 Å². The quantitative estimate of drug-likeness (QED) is 0.258. The largest absolute Gasteiger partial charge is 0.463 e. The van der Waals surface area contributed by atoms with Crippen molar-refractivity contribution in [3.63, 3.8) is 0 Å². The molecular weight excluding hydrogens is 250 g/mol. The maximum atomic E-state index is 11.8. The molecule has 102 valence electrons. The van der Waals surface area contributed by atoms with Crippen LogP contribution in [0.15, 0.2) is 11.6 Å².